The number of esters is 1. The van der Waals surface area contributed by atoms with Gasteiger partial charge in [0, 0.05) is 0 Å². The number of hydrogen-bond acceptors (Lipinski definition) is 9. The molecule has 0 amide bonds. The van der Waals surface area contributed by atoms with Gasteiger partial charge in [-0.1, -0.05) is 53.8 Å². The fourth-order valence-electron chi connectivity index (χ4n) is 5.08. The van der Waals surface area contributed by atoms with Gasteiger partial charge >= 0.3 is 5.97 Å². The number of rotatable bonds is 9. The second kappa shape index (κ2) is 12.2. The van der Waals surface area contributed by atoms with Crippen LogP contribution < -0.4 is 33.8 Å². The summed E-state index contributed by atoms with van der Waals surface area (Å²) in [6.07, 6.45) is 1.80. The highest BCUT2D eigenvalue weighted by Gasteiger charge is 2.34. The van der Waals surface area contributed by atoms with Crippen LogP contribution in [-0.4, -0.2) is 30.5 Å². The van der Waals surface area contributed by atoms with Crippen LogP contribution in [0.4, 0.5) is 0 Å². The molecule has 43 heavy (non-hydrogen) atoms. The van der Waals surface area contributed by atoms with E-state index in [1.165, 1.54) is 11.3 Å². The van der Waals surface area contributed by atoms with Crippen molar-refractivity contribution < 1.29 is 28.5 Å². The SMILES string of the molecule is CCOC(=O)C1=C(C)N=c2s/c(=C\c3ccc(OCc4ccccc4)c(OCC)c3)c(=O)n2C1c1ccc2c(c1)OCO2. The van der Waals surface area contributed by atoms with Crippen molar-refractivity contribution in [1.29, 1.82) is 0 Å². The Hall–Kier alpha value is -4.83. The fraction of sp³-hybridized carbons (Fsp3) is 0.242. The summed E-state index contributed by atoms with van der Waals surface area (Å²) in [4.78, 5) is 32.3. The number of ether oxygens (including phenoxy) is 5. The van der Waals surface area contributed by atoms with Crippen LogP contribution in [0, 0.1) is 0 Å². The van der Waals surface area contributed by atoms with Crippen LogP contribution in [-0.2, 0) is 16.1 Å². The summed E-state index contributed by atoms with van der Waals surface area (Å²) in [5, 5.41) is 0. The summed E-state index contributed by atoms with van der Waals surface area (Å²) >= 11 is 1.26. The number of allylic oxidation sites excluding steroid dienone is 1. The molecule has 220 valence electrons. The first-order chi connectivity index (χ1) is 21.0. The van der Waals surface area contributed by atoms with Gasteiger partial charge in [-0.15, -0.1) is 0 Å². The van der Waals surface area contributed by atoms with Gasteiger partial charge in [0.15, 0.2) is 27.8 Å². The Labute approximate surface area is 251 Å². The van der Waals surface area contributed by atoms with Crippen molar-refractivity contribution in [3.63, 3.8) is 0 Å². The van der Waals surface area contributed by atoms with Gasteiger partial charge in [0.2, 0.25) is 6.79 Å². The van der Waals surface area contributed by atoms with Gasteiger partial charge in [0.05, 0.1) is 35.1 Å². The molecule has 0 spiro atoms. The number of fused-ring (bicyclic) bond motifs is 2. The number of aromatic nitrogens is 1. The average Bonchev–Trinajstić information content (AvgIpc) is 3.60. The molecule has 3 aromatic carbocycles. The third-order valence-electron chi connectivity index (χ3n) is 7.03. The molecule has 0 N–H and O–H groups in total. The van der Waals surface area contributed by atoms with Gasteiger partial charge in [-0.25, -0.2) is 9.79 Å². The Morgan fingerprint density at radius 1 is 1.00 bits per heavy atom. The summed E-state index contributed by atoms with van der Waals surface area (Å²) in [7, 11) is 0. The summed E-state index contributed by atoms with van der Waals surface area (Å²) in [6.45, 7) is 6.58. The largest absolute Gasteiger partial charge is 0.490 e. The molecule has 4 aromatic rings. The number of nitrogens with zero attached hydrogens (tertiary/aromatic N) is 2. The molecule has 0 radical (unpaired) electrons. The molecular formula is C33H30N2O7S. The molecule has 1 unspecified atom stereocenters. The van der Waals surface area contributed by atoms with Crippen molar-refractivity contribution in [2.45, 2.75) is 33.4 Å². The van der Waals surface area contributed by atoms with Crippen LogP contribution in [0.5, 0.6) is 23.0 Å². The Morgan fingerprint density at radius 2 is 1.81 bits per heavy atom. The lowest BCUT2D eigenvalue weighted by atomic mass is 9.95. The molecule has 1 atom stereocenters. The number of benzene rings is 3. The van der Waals surface area contributed by atoms with Gasteiger partial charge in [0.1, 0.15) is 6.61 Å². The topological polar surface area (TPSA) is 97.6 Å². The van der Waals surface area contributed by atoms with Crippen LogP contribution in [0.15, 0.2) is 87.8 Å². The molecule has 2 aliphatic rings. The predicted octanol–water partition coefficient (Wildman–Crippen LogP) is 4.50. The minimum atomic E-state index is -0.750. The summed E-state index contributed by atoms with van der Waals surface area (Å²) in [5.74, 6) is 1.83. The van der Waals surface area contributed by atoms with Gasteiger partial charge in [-0.05, 0) is 67.8 Å². The van der Waals surface area contributed by atoms with E-state index in [1.54, 1.807) is 36.6 Å². The lowest BCUT2D eigenvalue weighted by Crippen LogP contribution is -2.39. The zero-order valence-electron chi connectivity index (χ0n) is 24.0. The highest BCUT2D eigenvalue weighted by Crippen LogP contribution is 2.38. The number of thiazole rings is 1. The van der Waals surface area contributed by atoms with E-state index in [0.29, 0.717) is 62.4 Å². The summed E-state index contributed by atoms with van der Waals surface area (Å²) in [5.41, 5.74) is 3.02. The number of carbonyl (C=O) groups excluding carboxylic acids is 1. The first kappa shape index (κ1) is 28.3. The third kappa shape index (κ3) is 5.65. The van der Waals surface area contributed by atoms with Crippen molar-refractivity contribution in [2.75, 3.05) is 20.0 Å². The molecule has 0 saturated heterocycles. The molecule has 2 aliphatic heterocycles. The first-order valence-electron chi connectivity index (χ1n) is 14.0. The van der Waals surface area contributed by atoms with Crippen LogP contribution in [0.3, 0.4) is 0 Å². The average molecular weight is 599 g/mol. The Morgan fingerprint density at radius 3 is 2.60 bits per heavy atom. The number of carbonyl (C=O) groups is 1. The van der Waals surface area contributed by atoms with E-state index >= 15 is 0 Å². The van der Waals surface area contributed by atoms with Crippen molar-refractivity contribution in [3.8, 4) is 23.0 Å². The minimum absolute atomic E-state index is 0.112. The van der Waals surface area contributed by atoms with Gasteiger partial charge in [0.25, 0.3) is 5.56 Å². The lowest BCUT2D eigenvalue weighted by molar-refractivity contribution is -0.139. The quantitative estimate of drug-likeness (QED) is 0.262. The maximum atomic E-state index is 14.0. The molecule has 0 bridgehead atoms. The van der Waals surface area contributed by atoms with E-state index in [-0.39, 0.29) is 19.0 Å². The van der Waals surface area contributed by atoms with Gasteiger partial charge < -0.3 is 23.7 Å². The second-order valence-corrected chi connectivity index (χ2v) is 10.8. The van der Waals surface area contributed by atoms with Crippen molar-refractivity contribution in [3.05, 3.63) is 114 Å². The van der Waals surface area contributed by atoms with Crippen LogP contribution >= 0.6 is 11.3 Å². The Bertz CT molecular complexity index is 1890. The van der Waals surface area contributed by atoms with E-state index in [0.717, 1.165) is 11.1 Å². The highest BCUT2D eigenvalue weighted by molar-refractivity contribution is 7.07. The minimum Gasteiger partial charge on any atom is -0.490 e. The maximum Gasteiger partial charge on any atom is 0.338 e. The smallest absolute Gasteiger partial charge is 0.338 e. The zero-order chi connectivity index (χ0) is 29.9. The number of hydrogen-bond donors (Lipinski definition) is 0. The zero-order valence-corrected chi connectivity index (χ0v) is 24.8. The fourth-order valence-corrected chi connectivity index (χ4v) is 6.13. The molecular weight excluding hydrogens is 568 g/mol. The highest BCUT2D eigenvalue weighted by atomic mass is 32.1. The Balaban J connectivity index is 1.41. The lowest BCUT2D eigenvalue weighted by Gasteiger charge is -2.24. The van der Waals surface area contributed by atoms with E-state index in [1.807, 2.05) is 61.5 Å². The Kier molecular flexibility index (Phi) is 8.02. The molecule has 0 fully saturated rings. The second-order valence-electron chi connectivity index (χ2n) is 9.83. The standard InChI is InChI=1S/C33H30N2O7S/c1-4-38-26-15-22(11-13-24(26)40-18-21-9-7-6-8-10-21)16-28-31(36)35-30(23-12-14-25-27(17-23)42-19-41-25)29(32(37)39-5-2)20(3)34-33(35)43-28/h6-17,30H,4-5,18-19H2,1-3H3/b28-16-. The molecule has 3 heterocycles. The maximum absolute atomic E-state index is 14.0. The van der Waals surface area contributed by atoms with E-state index < -0.39 is 12.0 Å². The normalized spacial score (nSPS) is 15.6. The molecule has 0 saturated carbocycles. The van der Waals surface area contributed by atoms with E-state index in [2.05, 4.69) is 4.99 Å². The molecule has 6 rings (SSSR count). The molecule has 1 aromatic heterocycles. The predicted molar refractivity (Wildman–Crippen MR) is 161 cm³/mol. The van der Waals surface area contributed by atoms with Crippen LogP contribution in [0.25, 0.3) is 6.08 Å². The van der Waals surface area contributed by atoms with Gasteiger partial charge in [-0.3, -0.25) is 9.36 Å². The third-order valence-corrected chi connectivity index (χ3v) is 8.01. The van der Waals surface area contributed by atoms with E-state index in [4.69, 9.17) is 23.7 Å². The summed E-state index contributed by atoms with van der Waals surface area (Å²) in [6, 6.07) is 20.1. The van der Waals surface area contributed by atoms with Crippen molar-refractivity contribution in [1.82, 2.24) is 4.57 Å². The molecule has 10 heteroatoms. The molecule has 0 aliphatic carbocycles. The van der Waals surface area contributed by atoms with Gasteiger partial charge in [-0.2, -0.15) is 0 Å². The monoisotopic (exact) mass is 598 g/mol. The first-order valence-corrected chi connectivity index (χ1v) is 14.8. The van der Waals surface area contributed by atoms with E-state index in [9.17, 15) is 9.59 Å². The van der Waals surface area contributed by atoms with Crippen LogP contribution in [0.1, 0.15) is 43.5 Å². The van der Waals surface area contributed by atoms with Crippen molar-refractivity contribution >= 4 is 23.4 Å². The summed E-state index contributed by atoms with van der Waals surface area (Å²) < 4.78 is 30.4. The van der Waals surface area contributed by atoms with Crippen LogP contribution in [0.2, 0.25) is 0 Å². The molecule has 9 nitrogen and oxygen atoms in total. The van der Waals surface area contributed by atoms with Crippen molar-refractivity contribution in [2.24, 2.45) is 4.99 Å².